The fraction of sp³-hybridized carbons (Fsp3) is 1.00. The average Bonchev–Trinajstić information content (AvgIpc) is 2.18. The van der Waals surface area contributed by atoms with Gasteiger partial charge in [-0.05, 0) is 26.4 Å². The third-order valence-electron chi connectivity index (χ3n) is 2.69. The Morgan fingerprint density at radius 2 is 1.79 bits per heavy atom. The molecule has 2 N–H and O–H groups in total. The van der Waals surface area contributed by atoms with Gasteiger partial charge in [0.05, 0.1) is 13.2 Å². The van der Waals surface area contributed by atoms with Crippen molar-refractivity contribution in [2.75, 3.05) is 32.8 Å². The Morgan fingerprint density at radius 1 is 1.21 bits per heavy atom. The van der Waals surface area contributed by atoms with Crippen molar-refractivity contribution in [3.8, 4) is 0 Å². The molecule has 0 aromatic carbocycles. The minimum Gasteiger partial charge on any atom is -0.378 e. The summed E-state index contributed by atoms with van der Waals surface area (Å²) in [5, 5.41) is 0. The van der Waals surface area contributed by atoms with Gasteiger partial charge >= 0.3 is 0 Å². The predicted molar refractivity (Wildman–Crippen MR) is 61.5 cm³/mol. The van der Waals surface area contributed by atoms with Crippen LogP contribution in [0, 0.1) is 0 Å². The Balaban J connectivity index is 3.45. The van der Waals surface area contributed by atoms with Gasteiger partial charge < -0.3 is 15.4 Å². The van der Waals surface area contributed by atoms with Gasteiger partial charge in [-0.25, -0.2) is 0 Å². The number of nitrogens with zero attached hydrogens (tertiary/aromatic N) is 1. The van der Waals surface area contributed by atoms with Crippen LogP contribution in [0.1, 0.15) is 34.1 Å². The Hall–Kier alpha value is -0.120. The molecule has 0 heterocycles. The second-order valence-electron chi connectivity index (χ2n) is 4.09. The molecule has 3 nitrogen and oxygen atoms in total. The summed E-state index contributed by atoms with van der Waals surface area (Å²) >= 11 is 0. The van der Waals surface area contributed by atoms with E-state index >= 15 is 0 Å². The van der Waals surface area contributed by atoms with Gasteiger partial charge in [-0.15, -0.1) is 0 Å². The van der Waals surface area contributed by atoms with Gasteiger partial charge in [0.15, 0.2) is 0 Å². The van der Waals surface area contributed by atoms with E-state index < -0.39 is 0 Å². The van der Waals surface area contributed by atoms with Crippen molar-refractivity contribution < 1.29 is 4.74 Å². The van der Waals surface area contributed by atoms with Crippen LogP contribution < -0.4 is 5.73 Å². The SMILES string of the molecule is CCN(CC)CCOCC(C)(N)CC. The summed E-state index contributed by atoms with van der Waals surface area (Å²) in [6.07, 6.45) is 0.957. The molecule has 0 bridgehead atoms. The van der Waals surface area contributed by atoms with E-state index in [1.54, 1.807) is 0 Å². The van der Waals surface area contributed by atoms with Gasteiger partial charge in [0.1, 0.15) is 0 Å². The normalized spacial score (nSPS) is 15.9. The summed E-state index contributed by atoms with van der Waals surface area (Å²) in [6, 6.07) is 0. The van der Waals surface area contributed by atoms with E-state index in [0.29, 0.717) is 6.61 Å². The molecule has 0 rings (SSSR count). The largest absolute Gasteiger partial charge is 0.378 e. The smallest absolute Gasteiger partial charge is 0.0643 e. The van der Waals surface area contributed by atoms with Crippen molar-refractivity contribution in [1.29, 1.82) is 0 Å². The molecule has 1 atom stereocenters. The van der Waals surface area contributed by atoms with Crippen molar-refractivity contribution >= 4 is 0 Å². The van der Waals surface area contributed by atoms with Gasteiger partial charge in [-0.1, -0.05) is 20.8 Å². The number of likely N-dealkylation sites (N-methyl/N-ethyl adjacent to an activating group) is 1. The molecule has 1 unspecified atom stereocenters. The Morgan fingerprint density at radius 3 is 2.21 bits per heavy atom. The van der Waals surface area contributed by atoms with Crippen LogP contribution in [0.2, 0.25) is 0 Å². The van der Waals surface area contributed by atoms with E-state index in [1.165, 1.54) is 0 Å². The molecule has 3 heteroatoms. The van der Waals surface area contributed by atoms with Crippen molar-refractivity contribution in [3.63, 3.8) is 0 Å². The van der Waals surface area contributed by atoms with E-state index in [2.05, 4.69) is 25.7 Å². The zero-order valence-corrected chi connectivity index (χ0v) is 10.2. The minimum atomic E-state index is -0.163. The second-order valence-corrected chi connectivity index (χ2v) is 4.09. The lowest BCUT2D eigenvalue weighted by Gasteiger charge is -2.24. The molecule has 0 aromatic heterocycles. The molecule has 0 aromatic rings. The highest BCUT2D eigenvalue weighted by atomic mass is 16.5. The van der Waals surface area contributed by atoms with E-state index in [9.17, 15) is 0 Å². The highest BCUT2D eigenvalue weighted by Crippen LogP contribution is 2.04. The minimum absolute atomic E-state index is 0.163. The summed E-state index contributed by atoms with van der Waals surface area (Å²) in [4.78, 5) is 2.35. The molecular formula is C11H26N2O. The summed E-state index contributed by atoms with van der Waals surface area (Å²) < 4.78 is 5.56. The first-order valence-electron chi connectivity index (χ1n) is 5.64. The topological polar surface area (TPSA) is 38.5 Å². The van der Waals surface area contributed by atoms with Crippen LogP contribution in [0.25, 0.3) is 0 Å². The van der Waals surface area contributed by atoms with Crippen molar-refractivity contribution in [2.45, 2.75) is 39.7 Å². The maximum atomic E-state index is 5.96. The molecule has 0 aliphatic heterocycles. The standard InChI is InChI=1S/C11H26N2O/c1-5-11(4,12)10-14-9-8-13(6-2)7-3/h5-10,12H2,1-4H3. The molecule has 0 fully saturated rings. The van der Waals surface area contributed by atoms with Crippen molar-refractivity contribution in [2.24, 2.45) is 5.73 Å². The van der Waals surface area contributed by atoms with E-state index in [0.717, 1.165) is 32.7 Å². The van der Waals surface area contributed by atoms with E-state index in [4.69, 9.17) is 10.5 Å². The first-order valence-corrected chi connectivity index (χ1v) is 5.64. The molecule has 0 aliphatic carbocycles. The third-order valence-corrected chi connectivity index (χ3v) is 2.69. The number of ether oxygens (including phenoxy) is 1. The highest BCUT2D eigenvalue weighted by Gasteiger charge is 2.15. The fourth-order valence-corrected chi connectivity index (χ4v) is 1.14. The number of hydrogen-bond donors (Lipinski definition) is 1. The summed E-state index contributed by atoms with van der Waals surface area (Å²) in [7, 11) is 0. The van der Waals surface area contributed by atoms with Gasteiger partial charge in [0.2, 0.25) is 0 Å². The van der Waals surface area contributed by atoms with Crippen LogP contribution in [0.3, 0.4) is 0 Å². The van der Waals surface area contributed by atoms with Crippen molar-refractivity contribution in [1.82, 2.24) is 4.90 Å². The van der Waals surface area contributed by atoms with Gasteiger partial charge in [0.25, 0.3) is 0 Å². The Kier molecular flexibility index (Phi) is 7.15. The number of hydrogen-bond acceptors (Lipinski definition) is 3. The summed E-state index contributed by atoms with van der Waals surface area (Å²) in [5.74, 6) is 0. The monoisotopic (exact) mass is 202 g/mol. The van der Waals surface area contributed by atoms with Crippen LogP contribution in [0.4, 0.5) is 0 Å². The lowest BCUT2D eigenvalue weighted by molar-refractivity contribution is 0.0720. The lowest BCUT2D eigenvalue weighted by Crippen LogP contribution is -2.41. The molecule has 0 aliphatic rings. The van der Waals surface area contributed by atoms with Crippen LogP contribution >= 0.6 is 0 Å². The van der Waals surface area contributed by atoms with Gasteiger partial charge in [-0.3, -0.25) is 0 Å². The second kappa shape index (κ2) is 7.21. The summed E-state index contributed by atoms with van der Waals surface area (Å²) in [5.41, 5.74) is 5.80. The number of rotatable bonds is 8. The Bertz CT molecular complexity index is 133. The van der Waals surface area contributed by atoms with Crippen LogP contribution in [-0.2, 0) is 4.74 Å². The highest BCUT2D eigenvalue weighted by molar-refractivity contribution is 4.75. The number of nitrogens with two attached hydrogens (primary N) is 1. The summed E-state index contributed by atoms with van der Waals surface area (Å²) in [6.45, 7) is 13.1. The van der Waals surface area contributed by atoms with Gasteiger partial charge in [-0.2, -0.15) is 0 Å². The first kappa shape index (κ1) is 13.9. The third kappa shape index (κ3) is 6.35. The van der Waals surface area contributed by atoms with Crippen LogP contribution in [-0.4, -0.2) is 43.3 Å². The molecule has 14 heavy (non-hydrogen) atoms. The molecule has 0 saturated carbocycles. The molecule has 0 radical (unpaired) electrons. The average molecular weight is 202 g/mol. The molecule has 0 spiro atoms. The maximum absolute atomic E-state index is 5.96. The molecule has 0 amide bonds. The predicted octanol–water partition coefficient (Wildman–Crippen LogP) is 1.47. The fourth-order valence-electron chi connectivity index (χ4n) is 1.14. The molecular weight excluding hydrogens is 176 g/mol. The maximum Gasteiger partial charge on any atom is 0.0643 e. The quantitative estimate of drug-likeness (QED) is 0.606. The van der Waals surface area contributed by atoms with Crippen molar-refractivity contribution in [3.05, 3.63) is 0 Å². The lowest BCUT2D eigenvalue weighted by atomic mass is 10.0. The first-order chi connectivity index (χ1) is 6.55. The van der Waals surface area contributed by atoms with Gasteiger partial charge in [0, 0.05) is 12.1 Å². The van der Waals surface area contributed by atoms with Crippen LogP contribution in [0.15, 0.2) is 0 Å². The zero-order valence-electron chi connectivity index (χ0n) is 10.2. The van der Waals surface area contributed by atoms with Crippen LogP contribution in [0.5, 0.6) is 0 Å². The zero-order chi connectivity index (χ0) is 11.0. The molecule has 86 valence electrons. The Labute approximate surface area is 88.6 Å². The van der Waals surface area contributed by atoms with E-state index in [1.807, 2.05) is 6.92 Å². The molecule has 0 saturated heterocycles. The van der Waals surface area contributed by atoms with E-state index in [-0.39, 0.29) is 5.54 Å².